The highest BCUT2D eigenvalue weighted by Gasteiger charge is 2.46. The molecular formula is C31H27ClF3N3O2. The molecule has 40 heavy (non-hydrogen) atoms. The quantitative estimate of drug-likeness (QED) is 0.262. The highest BCUT2D eigenvalue weighted by atomic mass is 35.5. The lowest BCUT2D eigenvalue weighted by Crippen LogP contribution is -2.55. The fourth-order valence-electron chi connectivity index (χ4n) is 5.42. The molecule has 0 aliphatic carbocycles. The van der Waals surface area contributed by atoms with Crippen molar-refractivity contribution < 1.29 is 22.8 Å². The Morgan fingerprint density at radius 3 is 2.38 bits per heavy atom. The number of carbonyl (C=O) groups is 2. The van der Waals surface area contributed by atoms with Crippen LogP contribution < -0.4 is 0 Å². The number of fused-ring (bicyclic) bond motifs is 1. The summed E-state index contributed by atoms with van der Waals surface area (Å²) in [6, 6.07) is 23.8. The van der Waals surface area contributed by atoms with Crippen molar-refractivity contribution in [1.29, 1.82) is 0 Å². The van der Waals surface area contributed by atoms with E-state index in [4.69, 9.17) is 11.6 Å². The Kier molecular flexibility index (Phi) is 8.07. The summed E-state index contributed by atoms with van der Waals surface area (Å²) in [5.74, 6) is -2.10. The minimum Gasteiger partial charge on any atom is -0.335 e. The van der Waals surface area contributed by atoms with Crippen LogP contribution in [0.2, 0.25) is 5.02 Å². The van der Waals surface area contributed by atoms with E-state index >= 15 is 0 Å². The second kappa shape index (κ2) is 11.7. The molecule has 4 aromatic rings. The normalized spacial score (nSPS) is 17.6. The van der Waals surface area contributed by atoms with Crippen LogP contribution >= 0.6 is 11.6 Å². The standard InChI is InChI=1S/C31H27ClF3N3O2/c32-24-12-10-22(11-13-24)29(39)37-17-15-25(19-26(37)18-21-6-2-1-3-7-21)38(30(40)31(33,34)35)20-23-14-16-36-28-9-5-4-8-27(23)28/h1-14,16,25-26H,15,17-20H2/t25-,26+/m0/s1. The molecule has 5 rings (SSSR count). The Hall–Kier alpha value is -3.91. The summed E-state index contributed by atoms with van der Waals surface area (Å²) in [6.45, 7) is -0.00239. The minimum absolute atomic E-state index is 0.207. The molecule has 2 atom stereocenters. The first kappa shape index (κ1) is 27.6. The number of nitrogens with zero attached hydrogens (tertiary/aromatic N) is 3. The zero-order chi connectivity index (χ0) is 28.3. The zero-order valence-electron chi connectivity index (χ0n) is 21.5. The van der Waals surface area contributed by atoms with Gasteiger partial charge in [-0.05, 0) is 66.8 Å². The Balaban J connectivity index is 1.47. The molecule has 2 heterocycles. The van der Waals surface area contributed by atoms with Crippen LogP contribution in [0.3, 0.4) is 0 Å². The number of piperidine rings is 1. The van der Waals surface area contributed by atoms with Gasteiger partial charge < -0.3 is 9.80 Å². The van der Waals surface area contributed by atoms with Crippen molar-refractivity contribution >= 4 is 34.3 Å². The molecule has 9 heteroatoms. The van der Waals surface area contributed by atoms with Gasteiger partial charge in [-0.25, -0.2) is 0 Å². The monoisotopic (exact) mass is 565 g/mol. The minimum atomic E-state index is -5.03. The zero-order valence-corrected chi connectivity index (χ0v) is 22.3. The molecule has 3 aromatic carbocycles. The summed E-state index contributed by atoms with van der Waals surface area (Å²) in [6.07, 6.45) is -2.62. The molecule has 2 amide bonds. The van der Waals surface area contributed by atoms with E-state index in [2.05, 4.69) is 4.98 Å². The van der Waals surface area contributed by atoms with E-state index in [1.54, 1.807) is 65.7 Å². The molecule has 0 bridgehead atoms. The van der Waals surface area contributed by atoms with Gasteiger partial charge in [-0.15, -0.1) is 0 Å². The van der Waals surface area contributed by atoms with Crippen molar-refractivity contribution in [2.75, 3.05) is 6.54 Å². The van der Waals surface area contributed by atoms with E-state index in [-0.39, 0.29) is 31.8 Å². The van der Waals surface area contributed by atoms with E-state index in [0.717, 1.165) is 10.5 Å². The molecule has 1 fully saturated rings. The lowest BCUT2D eigenvalue weighted by atomic mass is 9.90. The van der Waals surface area contributed by atoms with Gasteiger partial charge in [0.15, 0.2) is 0 Å². The number of benzene rings is 3. The lowest BCUT2D eigenvalue weighted by Gasteiger charge is -2.44. The third-order valence-electron chi connectivity index (χ3n) is 7.38. The largest absolute Gasteiger partial charge is 0.471 e. The van der Waals surface area contributed by atoms with Crippen molar-refractivity contribution in [3.05, 3.63) is 113 Å². The molecule has 0 unspecified atom stereocenters. The Morgan fingerprint density at radius 2 is 1.65 bits per heavy atom. The summed E-state index contributed by atoms with van der Waals surface area (Å²) >= 11 is 6.00. The number of hydrogen-bond donors (Lipinski definition) is 0. The van der Waals surface area contributed by atoms with Crippen molar-refractivity contribution in [1.82, 2.24) is 14.8 Å². The number of halogens is 4. The van der Waals surface area contributed by atoms with Gasteiger partial charge in [0.05, 0.1) is 5.52 Å². The molecule has 0 spiro atoms. The molecule has 1 aromatic heterocycles. The molecular weight excluding hydrogens is 539 g/mol. The van der Waals surface area contributed by atoms with Gasteiger partial charge in [0, 0.05) is 47.3 Å². The molecule has 1 aliphatic rings. The van der Waals surface area contributed by atoms with Gasteiger partial charge in [0.2, 0.25) is 0 Å². The summed E-state index contributed by atoms with van der Waals surface area (Å²) < 4.78 is 41.7. The number of likely N-dealkylation sites (tertiary alicyclic amines) is 1. The predicted octanol–water partition coefficient (Wildman–Crippen LogP) is 6.70. The SMILES string of the molecule is O=C(c1ccc(Cl)cc1)N1CC[C@H](N(Cc2ccnc3ccccc23)C(=O)C(F)(F)F)C[C@H]1Cc1ccccc1. The number of carbonyl (C=O) groups excluding carboxylic acids is 2. The maximum absolute atomic E-state index is 13.9. The van der Waals surface area contributed by atoms with Crippen LogP contribution in [0.5, 0.6) is 0 Å². The molecule has 206 valence electrons. The van der Waals surface area contributed by atoms with Crippen molar-refractivity contribution in [3.63, 3.8) is 0 Å². The second-order valence-electron chi connectivity index (χ2n) is 9.95. The van der Waals surface area contributed by atoms with Crippen LogP contribution in [0.15, 0.2) is 91.1 Å². The van der Waals surface area contributed by atoms with Crippen LogP contribution in [-0.2, 0) is 17.8 Å². The number of amides is 2. The summed E-state index contributed by atoms with van der Waals surface area (Å²) in [5, 5.41) is 1.20. The number of rotatable bonds is 6. The molecule has 1 saturated heterocycles. The molecule has 1 aliphatic heterocycles. The fraction of sp³-hybridized carbons (Fsp3) is 0.258. The summed E-state index contributed by atoms with van der Waals surface area (Å²) in [4.78, 5) is 33.3. The summed E-state index contributed by atoms with van der Waals surface area (Å²) in [5.41, 5.74) is 2.63. The first-order chi connectivity index (χ1) is 19.2. The van der Waals surface area contributed by atoms with Crippen molar-refractivity contribution in [2.24, 2.45) is 0 Å². The number of para-hydroxylation sites is 1. The third-order valence-corrected chi connectivity index (χ3v) is 7.63. The second-order valence-corrected chi connectivity index (χ2v) is 10.4. The maximum atomic E-state index is 13.9. The summed E-state index contributed by atoms with van der Waals surface area (Å²) in [7, 11) is 0. The van der Waals surface area contributed by atoms with E-state index in [1.165, 1.54) is 0 Å². The van der Waals surface area contributed by atoms with Crippen LogP contribution in [0.4, 0.5) is 13.2 Å². The van der Waals surface area contributed by atoms with Crippen LogP contribution in [0.25, 0.3) is 10.9 Å². The highest BCUT2D eigenvalue weighted by molar-refractivity contribution is 6.30. The van der Waals surface area contributed by atoms with Gasteiger partial charge in [-0.2, -0.15) is 13.2 Å². The first-order valence-electron chi connectivity index (χ1n) is 13.0. The average molecular weight is 566 g/mol. The van der Waals surface area contributed by atoms with Crippen molar-refractivity contribution in [3.8, 4) is 0 Å². The molecule has 0 saturated carbocycles. The Labute approximate surface area is 235 Å². The Bertz CT molecular complexity index is 1490. The van der Waals surface area contributed by atoms with E-state index in [1.807, 2.05) is 30.3 Å². The topological polar surface area (TPSA) is 53.5 Å². The van der Waals surface area contributed by atoms with Crippen molar-refractivity contribution in [2.45, 2.75) is 44.1 Å². The van der Waals surface area contributed by atoms with Gasteiger partial charge in [0.25, 0.3) is 5.91 Å². The van der Waals surface area contributed by atoms with E-state index < -0.39 is 24.2 Å². The van der Waals surface area contributed by atoms with Gasteiger partial charge >= 0.3 is 12.1 Å². The Morgan fingerprint density at radius 1 is 0.950 bits per heavy atom. The maximum Gasteiger partial charge on any atom is 0.471 e. The third kappa shape index (κ3) is 6.12. The predicted molar refractivity (Wildman–Crippen MR) is 148 cm³/mol. The molecule has 0 N–H and O–H groups in total. The number of hydrogen-bond acceptors (Lipinski definition) is 3. The van der Waals surface area contributed by atoms with Gasteiger partial charge in [-0.3, -0.25) is 14.6 Å². The van der Waals surface area contributed by atoms with Gasteiger partial charge in [-0.1, -0.05) is 60.1 Å². The number of pyridine rings is 1. The highest BCUT2D eigenvalue weighted by Crippen LogP contribution is 2.32. The fourth-order valence-corrected chi connectivity index (χ4v) is 5.55. The lowest BCUT2D eigenvalue weighted by molar-refractivity contribution is -0.189. The number of alkyl halides is 3. The van der Waals surface area contributed by atoms with Crippen LogP contribution in [0.1, 0.15) is 34.3 Å². The van der Waals surface area contributed by atoms with Crippen LogP contribution in [-0.4, -0.2) is 51.4 Å². The smallest absolute Gasteiger partial charge is 0.335 e. The van der Waals surface area contributed by atoms with Crippen LogP contribution in [0, 0.1) is 0 Å². The first-order valence-corrected chi connectivity index (χ1v) is 13.4. The molecule has 0 radical (unpaired) electrons. The average Bonchev–Trinajstić information content (AvgIpc) is 2.96. The van der Waals surface area contributed by atoms with E-state index in [9.17, 15) is 22.8 Å². The van der Waals surface area contributed by atoms with Gasteiger partial charge in [0.1, 0.15) is 0 Å². The number of aromatic nitrogens is 1. The molecule has 5 nitrogen and oxygen atoms in total. The van der Waals surface area contributed by atoms with E-state index in [0.29, 0.717) is 33.5 Å².